The maximum atomic E-state index is 13.1. The molecule has 0 radical (unpaired) electrons. The molecular formula is C97H115ClN4O16Si2. The van der Waals surface area contributed by atoms with Gasteiger partial charge in [0.1, 0.15) is 23.0 Å². The monoisotopic (exact) mass is 1680 g/mol. The number of halogens is 1. The maximum absolute atomic E-state index is 13.1. The first-order valence-corrected chi connectivity index (χ1v) is 45.4. The highest BCUT2D eigenvalue weighted by molar-refractivity contribution is 6.76. The molecule has 20 nitrogen and oxygen atoms in total. The van der Waals surface area contributed by atoms with Crippen LogP contribution in [0, 0.1) is 27.7 Å². The molecule has 0 aliphatic rings. The van der Waals surface area contributed by atoms with Crippen LogP contribution in [0.25, 0.3) is 67.9 Å². The fourth-order valence-corrected chi connectivity index (χ4v) is 14.2. The number of methoxy groups -OCH3 is 3. The Hall–Kier alpha value is -12.6. The van der Waals surface area contributed by atoms with E-state index in [1.165, 1.54) is 34.9 Å². The van der Waals surface area contributed by atoms with Gasteiger partial charge in [0, 0.05) is 84.2 Å². The van der Waals surface area contributed by atoms with Crippen LogP contribution in [-0.2, 0) is 59.1 Å². The van der Waals surface area contributed by atoms with Crippen molar-refractivity contribution < 1.29 is 77.4 Å². The van der Waals surface area contributed by atoms with Gasteiger partial charge in [-0.1, -0.05) is 196 Å². The highest BCUT2D eigenvalue weighted by Gasteiger charge is 2.25. The summed E-state index contributed by atoms with van der Waals surface area (Å²) < 4.78 is 31.5. The number of esters is 2. The van der Waals surface area contributed by atoms with E-state index in [4.69, 9.17) is 40.4 Å². The van der Waals surface area contributed by atoms with Crippen LogP contribution in [0.15, 0.2) is 218 Å². The standard InChI is InChI=1S/C26H31NO4Si.C21H19NO4.C20H17NO4.C17H25NO3Si.C9H7ClO.4CH4/c1-19-22(18-26(29)31-15-16-32(3,4)5)23-17-21(30-2)12-13-24(23)27(19)25(28)14-11-20-9-7-6-8-10-20;1-14-17(13-21(24)25)18-12-16(26-2)9-10-19(18)22(14)20(23)11-8-15-6-4-3-5-7-15;1-13-16(12-20(24)25)17-11-15(22)8-9-18(17)21(13)19(23)10-7-14-5-3-2-4-6-14;1-12-14(11-17(19)21-8-9-22(3,4)5)15-10-13(20-2)6-7-16(15)18-12;10-9(11)7-6-8-4-2-1-3-5-8;;;;/h6-14,17H,15-16,18H2,1-5H3;3-12H,13H2,1-2H3,(H,24,25);2-11,22H,12H2,1H3,(H,24,25);6-7,10,18H,8-9,11H2,1-5H3;1-7H;4*1H4/b14-11+;11-8+;10-7+;;7-6+;;;;. The molecule has 0 aliphatic heterocycles. The van der Waals surface area contributed by atoms with E-state index in [9.17, 15) is 48.6 Å². The molecule has 634 valence electrons. The van der Waals surface area contributed by atoms with Gasteiger partial charge in [-0.2, -0.15) is 0 Å². The highest BCUT2D eigenvalue weighted by Crippen LogP contribution is 2.34. The summed E-state index contributed by atoms with van der Waals surface area (Å²) in [6, 6.07) is 61.4. The summed E-state index contributed by atoms with van der Waals surface area (Å²) in [7, 11) is 2.34. The van der Waals surface area contributed by atoms with Gasteiger partial charge in [0.25, 0.3) is 17.7 Å². The predicted molar refractivity (Wildman–Crippen MR) is 494 cm³/mol. The molecule has 0 atom stereocenters. The number of hydrogen-bond acceptors (Lipinski definition) is 14. The molecule has 12 aromatic rings. The average Bonchev–Trinajstić information content (AvgIpc) is 2.43. The Labute approximate surface area is 712 Å². The summed E-state index contributed by atoms with van der Waals surface area (Å²) in [6.45, 7) is 21.9. The molecule has 4 aromatic heterocycles. The number of benzene rings is 8. The molecule has 8 aromatic carbocycles. The summed E-state index contributed by atoms with van der Waals surface area (Å²) in [5.41, 5.74) is 12.6. The summed E-state index contributed by atoms with van der Waals surface area (Å²) in [4.78, 5) is 99.4. The van der Waals surface area contributed by atoms with Crippen LogP contribution in [0.2, 0.25) is 51.4 Å². The average molecular weight is 1680 g/mol. The van der Waals surface area contributed by atoms with E-state index in [-0.39, 0.29) is 84.4 Å². The van der Waals surface area contributed by atoms with Gasteiger partial charge in [-0.3, -0.25) is 52.1 Å². The van der Waals surface area contributed by atoms with E-state index in [0.717, 1.165) is 84.4 Å². The number of carbonyl (C=O) groups is 8. The minimum atomic E-state index is -1.28. The largest absolute Gasteiger partial charge is 0.508 e. The van der Waals surface area contributed by atoms with Crippen LogP contribution in [0.3, 0.4) is 0 Å². The lowest BCUT2D eigenvalue weighted by atomic mass is 10.1. The second-order valence-electron chi connectivity index (χ2n) is 29.7. The molecule has 4 heterocycles. The van der Waals surface area contributed by atoms with E-state index in [0.29, 0.717) is 75.5 Å². The van der Waals surface area contributed by atoms with Crippen molar-refractivity contribution in [2.24, 2.45) is 0 Å². The number of nitrogens with zero attached hydrogens (tertiary/aromatic N) is 3. The van der Waals surface area contributed by atoms with Gasteiger partial charge in [0.2, 0.25) is 5.24 Å². The van der Waals surface area contributed by atoms with Crippen LogP contribution < -0.4 is 14.2 Å². The quantitative estimate of drug-likeness (QED) is 0.0179. The Kier molecular flexibility index (Phi) is 39.1. The third-order valence-electron chi connectivity index (χ3n) is 18.8. The van der Waals surface area contributed by atoms with Crippen molar-refractivity contribution in [3.8, 4) is 23.0 Å². The number of ether oxygens (including phenoxy) is 5. The molecule has 0 bridgehead atoms. The minimum Gasteiger partial charge on any atom is -0.508 e. The lowest BCUT2D eigenvalue weighted by Crippen LogP contribution is -2.23. The van der Waals surface area contributed by atoms with Crippen molar-refractivity contribution >= 4 is 143 Å². The Morgan fingerprint density at radius 1 is 0.392 bits per heavy atom. The normalized spacial score (nSPS) is 11.0. The van der Waals surface area contributed by atoms with Gasteiger partial charge >= 0.3 is 23.9 Å². The van der Waals surface area contributed by atoms with E-state index in [2.05, 4.69) is 44.3 Å². The number of carbonyl (C=O) groups excluding carboxylic acids is 6. The van der Waals surface area contributed by atoms with Crippen LogP contribution >= 0.6 is 11.6 Å². The van der Waals surface area contributed by atoms with Gasteiger partial charge in [-0.15, -0.1) is 0 Å². The second-order valence-corrected chi connectivity index (χ2v) is 41.3. The van der Waals surface area contributed by atoms with Gasteiger partial charge < -0.3 is 44.0 Å². The van der Waals surface area contributed by atoms with Crippen molar-refractivity contribution in [3.63, 3.8) is 0 Å². The molecule has 12 rings (SSSR count). The van der Waals surface area contributed by atoms with Gasteiger partial charge in [-0.25, -0.2) is 0 Å². The predicted octanol–water partition coefficient (Wildman–Crippen LogP) is 22.2. The molecule has 120 heavy (non-hydrogen) atoms. The number of phenolic OH excluding ortho intramolecular Hbond substituents is 1. The Morgan fingerprint density at radius 3 is 1.02 bits per heavy atom. The number of H-pyrrole nitrogens is 1. The summed E-state index contributed by atoms with van der Waals surface area (Å²) in [5, 5.41) is 30.8. The van der Waals surface area contributed by atoms with Gasteiger partial charge in [0.05, 0.1) is 76.8 Å². The first kappa shape index (κ1) is 99.7. The third kappa shape index (κ3) is 28.9. The Balaban J connectivity index is 0.000000321. The van der Waals surface area contributed by atoms with E-state index in [1.54, 1.807) is 99.0 Å². The number of aliphatic carboxylic acids is 2. The SMILES string of the molecule is C.C.C.C.COc1ccc2[nH]c(C)c(CC(=O)OCC[Si](C)(C)C)c2c1.COc1ccc2c(c1)c(CC(=O)O)c(C)n2C(=O)/C=C/c1ccccc1.COc1ccc2c(c1)c(CC(=O)OCC[Si](C)(C)C)c(C)n2C(=O)/C=C/c1ccccc1.Cc1c(CC(=O)O)c2cc(O)ccc2n1C(=O)/C=C/c1ccccc1.O=C(Cl)/C=C/c1ccccc1. The number of carboxylic acid groups (broad SMARTS) is 2. The number of nitrogens with one attached hydrogen (secondary N) is 1. The number of aryl methyl sites for hydroxylation is 1. The molecule has 0 fully saturated rings. The van der Waals surface area contributed by atoms with E-state index >= 15 is 0 Å². The number of carboxylic acids is 2. The zero-order chi connectivity index (χ0) is 84.4. The maximum Gasteiger partial charge on any atom is 0.310 e. The Bertz CT molecular complexity index is 5610. The second kappa shape index (κ2) is 47.1. The molecule has 0 unspecified atom stereocenters. The summed E-state index contributed by atoms with van der Waals surface area (Å²) in [5.74, 6) is -0.912. The number of aromatic nitrogens is 4. The first-order chi connectivity index (χ1) is 55.3. The molecule has 0 aliphatic carbocycles. The number of aromatic hydroxyl groups is 1. The van der Waals surface area contributed by atoms with Crippen molar-refractivity contribution in [3.05, 3.63) is 286 Å². The lowest BCUT2D eigenvalue weighted by Gasteiger charge is -2.15. The minimum absolute atomic E-state index is 0. The molecule has 4 N–H and O–H groups in total. The van der Waals surface area contributed by atoms with Crippen LogP contribution in [0.5, 0.6) is 23.0 Å². The fourth-order valence-electron chi connectivity index (χ4n) is 12.7. The molecule has 0 saturated heterocycles. The van der Waals surface area contributed by atoms with Crippen LogP contribution in [0.1, 0.15) is 111 Å². The third-order valence-corrected chi connectivity index (χ3v) is 22.3. The van der Waals surface area contributed by atoms with Crippen molar-refractivity contribution in [1.82, 2.24) is 18.7 Å². The fraction of sp³-hybridized carbons (Fsp3) is 0.258. The number of fused-ring (bicyclic) bond motifs is 4. The zero-order valence-corrected chi connectivity index (χ0v) is 70.4. The van der Waals surface area contributed by atoms with Crippen LogP contribution in [0.4, 0.5) is 0 Å². The number of aromatic amines is 1. The highest BCUT2D eigenvalue weighted by atomic mass is 35.5. The molecular weight excluding hydrogens is 1570 g/mol. The molecule has 0 spiro atoms. The molecule has 0 amide bonds. The zero-order valence-electron chi connectivity index (χ0n) is 67.6. The van der Waals surface area contributed by atoms with Gasteiger partial charge in [-0.05, 0) is 193 Å². The van der Waals surface area contributed by atoms with Crippen LogP contribution in [-0.4, -0.2) is 132 Å². The van der Waals surface area contributed by atoms with Crippen molar-refractivity contribution in [2.45, 2.75) is 134 Å². The smallest absolute Gasteiger partial charge is 0.310 e. The number of hydrogen-bond donors (Lipinski definition) is 4. The number of phenols is 1. The van der Waals surface area contributed by atoms with E-state index < -0.39 is 33.3 Å². The molecule has 0 saturated carbocycles. The Morgan fingerprint density at radius 2 is 0.692 bits per heavy atom. The summed E-state index contributed by atoms with van der Waals surface area (Å²) in [6.07, 6.45) is 12.8. The van der Waals surface area contributed by atoms with E-state index in [1.807, 2.05) is 172 Å². The lowest BCUT2D eigenvalue weighted by molar-refractivity contribution is -0.143. The number of allylic oxidation sites excluding steroid dienone is 4. The first-order valence-electron chi connectivity index (χ1n) is 37.6. The van der Waals surface area contributed by atoms with Crippen molar-refractivity contribution in [1.29, 1.82) is 0 Å². The molecule has 23 heteroatoms. The van der Waals surface area contributed by atoms with Gasteiger partial charge in [0.15, 0.2) is 0 Å². The summed E-state index contributed by atoms with van der Waals surface area (Å²) >= 11 is 5.10. The number of rotatable bonds is 25. The van der Waals surface area contributed by atoms with Crippen molar-refractivity contribution in [2.75, 3.05) is 34.5 Å². The topological polar surface area (TPSA) is 274 Å².